The fraction of sp³-hybridized carbons (Fsp3) is 0.378. The van der Waals surface area contributed by atoms with Crippen LogP contribution in [-0.4, -0.2) is 107 Å². The minimum Gasteiger partial charge on any atom is -0.474 e. The van der Waals surface area contributed by atoms with Gasteiger partial charge < -0.3 is 48.4 Å². The van der Waals surface area contributed by atoms with Gasteiger partial charge in [0.1, 0.15) is 37.4 Å². The van der Waals surface area contributed by atoms with Crippen LogP contribution in [0, 0.1) is 5.92 Å². The molecule has 1 saturated carbocycles. The van der Waals surface area contributed by atoms with Crippen molar-refractivity contribution in [1.82, 2.24) is 34.4 Å². The molecule has 9 atom stereocenters. The number of nitrogens with two attached hydrogens (primary N) is 1. The number of imidazole rings is 1. The number of nitrogens with zero attached hydrogens (tertiary/aromatic N) is 6. The number of anilines is 2. The Kier molecular flexibility index (Phi) is 13.3. The molecule has 3 fully saturated rings. The van der Waals surface area contributed by atoms with Crippen molar-refractivity contribution in [3.8, 4) is 5.88 Å². The topological polar surface area (TPSA) is 287 Å². The largest absolute Gasteiger partial charge is 0.474 e. The third-order valence-electron chi connectivity index (χ3n) is 10.4. The summed E-state index contributed by atoms with van der Waals surface area (Å²) in [6, 6.07) is 15.0. The Hall–Kier alpha value is -4.84. The molecule has 2 bridgehead atoms. The fourth-order valence-electron chi connectivity index (χ4n) is 7.31. The number of aromatic nitrogens is 6. The van der Waals surface area contributed by atoms with Gasteiger partial charge in [-0.1, -0.05) is 42.6 Å². The van der Waals surface area contributed by atoms with E-state index in [1.165, 1.54) is 41.4 Å². The first-order valence-corrected chi connectivity index (χ1v) is 24.6. The molecule has 5 aromatic rings. The van der Waals surface area contributed by atoms with Gasteiger partial charge in [-0.2, -0.15) is 4.98 Å². The highest BCUT2D eigenvalue weighted by Gasteiger charge is 2.51. The van der Waals surface area contributed by atoms with Crippen LogP contribution in [0.3, 0.4) is 0 Å². The number of nitrogens with one attached hydrogen (secondary N) is 2. The zero-order chi connectivity index (χ0) is 44.5. The lowest BCUT2D eigenvalue weighted by atomic mass is 10.1. The van der Waals surface area contributed by atoms with E-state index in [0.29, 0.717) is 23.6 Å². The standard InChI is InChI=1S/C37H41N9O13P2S2/c1-45(37(50)53-15-20-6-8-23(38)9-7-20)14-21-4-2-3-5-25(21)33(48)43-36-42-32-29(34(49)44-36)41-19-46(32)35-31-30(47)27(57-35)17-55-60(51,62)58-26-13-24(56-28-10-11-39-18-40-28)12-22(26)16-54-61(52,63)59-31/h2-11,18-19,22,24,26-27,30-31,35,47H,12-17,38H2,1H3,(H,51,62)(H,52,63)(H2,42,43,44,48,49)/t22-,24-,26+,27-,30-,31-,35-,60?,61?/m1/s1. The number of aromatic amines is 1. The monoisotopic (exact) mass is 945 g/mol. The first kappa shape index (κ1) is 44.8. The zero-order valence-corrected chi connectivity index (χ0v) is 36.6. The van der Waals surface area contributed by atoms with Crippen LogP contribution in [-0.2, 0) is 57.1 Å². The number of thiol groups is 1. The van der Waals surface area contributed by atoms with Crippen LogP contribution < -0.4 is 21.3 Å². The smallest absolute Gasteiger partial charge is 0.410 e. The number of benzene rings is 2. The normalized spacial score (nSPS) is 28.5. The average Bonchev–Trinajstić information content (AvgIpc) is 3.93. The number of rotatable bonds is 9. The number of aliphatic hydroxyl groups excluding tert-OH is 1. The Labute approximate surface area is 368 Å². The second-order valence-electron chi connectivity index (χ2n) is 14.8. The summed E-state index contributed by atoms with van der Waals surface area (Å²) in [5, 5.41) is 14.1. The van der Waals surface area contributed by atoms with E-state index in [1.807, 2.05) is 0 Å². The van der Waals surface area contributed by atoms with Gasteiger partial charge in [0.2, 0.25) is 11.8 Å². The molecular weight excluding hydrogens is 905 g/mol. The number of hydrogen-bond donors (Lipinski definition) is 6. The molecule has 0 radical (unpaired) electrons. The highest BCUT2D eigenvalue weighted by Crippen LogP contribution is 2.58. The Balaban J connectivity index is 0.992. The van der Waals surface area contributed by atoms with Gasteiger partial charge in [-0.15, -0.1) is 0 Å². The van der Waals surface area contributed by atoms with E-state index in [0.717, 1.165) is 5.56 Å². The SMILES string of the molecule is CN(Cc1ccccc1C(=O)Nc1nc2c(ncn2[C@@H]2O[C@@H]3COP(O)(=S)O[C@H]4C[C@H](Oc5ccncn5)C[C@@H]4COP(=O)(S)O[C@@H]2[C@@H]3O)c(=O)[nH]1)C(=O)OCc1ccc(N)cc1. The van der Waals surface area contributed by atoms with Gasteiger partial charge in [0.25, 0.3) is 11.5 Å². The van der Waals surface area contributed by atoms with Gasteiger partial charge in [0.05, 0.1) is 25.6 Å². The fourth-order valence-corrected chi connectivity index (χ4v) is 10.3. The molecule has 2 amide bonds. The maximum Gasteiger partial charge on any atom is 0.410 e. The van der Waals surface area contributed by atoms with Gasteiger partial charge in [0.15, 0.2) is 17.4 Å². The van der Waals surface area contributed by atoms with Crippen molar-refractivity contribution >= 4 is 72.4 Å². The summed E-state index contributed by atoms with van der Waals surface area (Å²) >= 11 is 9.56. The van der Waals surface area contributed by atoms with Gasteiger partial charge in [-0.25, -0.2) is 24.3 Å². The summed E-state index contributed by atoms with van der Waals surface area (Å²) in [7, 11) is 1.52. The highest BCUT2D eigenvalue weighted by molar-refractivity contribution is 8.44. The lowest BCUT2D eigenvalue weighted by Gasteiger charge is -2.27. The van der Waals surface area contributed by atoms with E-state index in [4.69, 9.17) is 49.8 Å². The molecule has 2 saturated heterocycles. The van der Waals surface area contributed by atoms with Crippen molar-refractivity contribution in [3.63, 3.8) is 0 Å². The first-order valence-electron chi connectivity index (χ1n) is 19.3. The minimum atomic E-state index is -4.31. The molecule has 26 heteroatoms. The van der Waals surface area contributed by atoms with Crippen LogP contribution in [0.4, 0.5) is 16.4 Å². The number of amides is 2. The number of nitrogen functional groups attached to an aromatic ring is 1. The third-order valence-corrected chi connectivity index (χ3v) is 13.6. The van der Waals surface area contributed by atoms with Gasteiger partial charge in [-0.3, -0.25) is 29.0 Å². The van der Waals surface area contributed by atoms with E-state index in [9.17, 15) is 28.9 Å². The highest BCUT2D eigenvalue weighted by atomic mass is 32.7. The molecule has 334 valence electrons. The molecule has 2 aromatic carbocycles. The van der Waals surface area contributed by atoms with E-state index < -0.39 is 80.3 Å². The second kappa shape index (κ2) is 18.7. The van der Waals surface area contributed by atoms with Crippen molar-refractivity contribution in [2.24, 2.45) is 5.92 Å². The minimum absolute atomic E-state index is 0.00985. The molecule has 1 aliphatic carbocycles. The molecule has 22 nitrogen and oxygen atoms in total. The van der Waals surface area contributed by atoms with Crippen molar-refractivity contribution in [1.29, 1.82) is 0 Å². The van der Waals surface area contributed by atoms with Crippen LogP contribution in [0.25, 0.3) is 11.2 Å². The summed E-state index contributed by atoms with van der Waals surface area (Å²) in [5.74, 6) is -1.18. The van der Waals surface area contributed by atoms with Crippen LogP contribution in [0.1, 0.15) is 40.6 Å². The number of H-pyrrole nitrogens is 1. The quantitative estimate of drug-likeness (QED) is 0.0698. The lowest BCUT2D eigenvalue weighted by Crippen LogP contribution is -2.35. The number of hydrogen-bond acceptors (Lipinski definition) is 18. The molecule has 5 heterocycles. The third kappa shape index (κ3) is 10.6. The summed E-state index contributed by atoms with van der Waals surface area (Å²) in [6.45, 7) is -9.06. The zero-order valence-electron chi connectivity index (χ0n) is 33.1. The maximum atomic E-state index is 13.8. The molecular formula is C37H41N9O13P2S2. The van der Waals surface area contributed by atoms with E-state index in [-0.39, 0.29) is 48.9 Å². The van der Waals surface area contributed by atoms with Gasteiger partial charge in [-0.05, 0) is 47.6 Å². The van der Waals surface area contributed by atoms with Crippen LogP contribution in [0.15, 0.2) is 78.2 Å². The molecule has 8 rings (SSSR count). The van der Waals surface area contributed by atoms with Crippen molar-refractivity contribution in [2.75, 3.05) is 31.3 Å². The predicted octanol–water partition coefficient (Wildman–Crippen LogP) is 3.70. The molecule has 3 aromatic heterocycles. The average molecular weight is 946 g/mol. The molecule has 2 unspecified atom stereocenters. The molecule has 0 spiro atoms. The van der Waals surface area contributed by atoms with Crippen molar-refractivity contribution < 1.29 is 56.5 Å². The van der Waals surface area contributed by atoms with E-state index in [2.05, 4.69) is 42.5 Å². The van der Waals surface area contributed by atoms with Crippen molar-refractivity contribution in [2.45, 2.75) is 62.7 Å². The number of ether oxygens (including phenoxy) is 3. The van der Waals surface area contributed by atoms with Crippen LogP contribution in [0.5, 0.6) is 5.88 Å². The van der Waals surface area contributed by atoms with E-state index >= 15 is 0 Å². The van der Waals surface area contributed by atoms with Gasteiger partial charge >= 0.3 is 19.6 Å². The summed E-state index contributed by atoms with van der Waals surface area (Å²) in [5.41, 5.74) is 6.59. The summed E-state index contributed by atoms with van der Waals surface area (Å²) in [4.78, 5) is 71.4. The Bertz CT molecular complexity index is 2630. The molecule has 6 N–H and O–H groups in total. The predicted molar refractivity (Wildman–Crippen MR) is 229 cm³/mol. The Morgan fingerprint density at radius 2 is 1.89 bits per heavy atom. The van der Waals surface area contributed by atoms with Crippen LogP contribution in [0.2, 0.25) is 0 Å². The number of aliphatic hydroxyl groups is 1. The molecule has 63 heavy (non-hydrogen) atoms. The molecule has 3 aliphatic rings. The summed E-state index contributed by atoms with van der Waals surface area (Å²) in [6.07, 6.45) is -3.01. The first-order chi connectivity index (χ1) is 30.1. The lowest BCUT2D eigenvalue weighted by molar-refractivity contribution is -0.0502. The Morgan fingerprint density at radius 3 is 2.67 bits per heavy atom. The second-order valence-corrected chi connectivity index (χ2v) is 20.5. The summed E-state index contributed by atoms with van der Waals surface area (Å²) < 4.78 is 55.8. The van der Waals surface area contributed by atoms with Gasteiger partial charge in [0, 0.05) is 49.4 Å². The van der Waals surface area contributed by atoms with Crippen molar-refractivity contribution in [3.05, 3.63) is 100 Å². The maximum absolute atomic E-state index is 13.8. The number of carbonyl (C=O) groups excluding carboxylic acids is 2. The van der Waals surface area contributed by atoms with Crippen LogP contribution >= 0.6 is 25.8 Å². The Morgan fingerprint density at radius 1 is 1.10 bits per heavy atom. The number of fused-ring (bicyclic) bond motifs is 4. The number of carbonyl (C=O) groups is 2. The molecule has 2 aliphatic heterocycles. The van der Waals surface area contributed by atoms with E-state index in [1.54, 1.807) is 48.5 Å².